The molecular formula is C24H25F3N4O2S. The minimum absolute atomic E-state index is 0.00619. The maximum atomic E-state index is 13.5. The molecule has 10 heteroatoms. The first-order chi connectivity index (χ1) is 15.8. The number of aromatic nitrogens is 1. The molecule has 2 heterocycles. The van der Waals surface area contributed by atoms with Crippen molar-refractivity contribution in [3.8, 4) is 0 Å². The summed E-state index contributed by atoms with van der Waals surface area (Å²) >= 11 is 0. The second-order valence-corrected chi connectivity index (χ2v) is 9.95. The van der Waals surface area contributed by atoms with Gasteiger partial charge in [-0.15, -0.1) is 0 Å². The number of benzene rings is 1. The Morgan fingerprint density at radius 1 is 1.29 bits per heavy atom. The lowest BCUT2D eigenvalue weighted by molar-refractivity contribution is -0.138. The number of aryl methyl sites for hydroxylation is 2. The summed E-state index contributed by atoms with van der Waals surface area (Å²) in [5, 5.41) is 2.91. The number of nitrogens with zero attached hydrogens (tertiary/aromatic N) is 1. The summed E-state index contributed by atoms with van der Waals surface area (Å²) in [6, 6.07) is 4.89. The van der Waals surface area contributed by atoms with Crippen molar-refractivity contribution in [2.75, 3.05) is 4.72 Å². The van der Waals surface area contributed by atoms with E-state index in [-0.39, 0.29) is 21.8 Å². The minimum atomic E-state index is -4.62. The maximum Gasteiger partial charge on any atom is 0.416 e. The van der Waals surface area contributed by atoms with Crippen LogP contribution in [0.1, 0.15) is 27.2 Å². The van der Waals surface area contributed by atoms with Gasteiger partial charge in [-0.2, -0.15) is 13.2 Å². The molecule has 0 aliphatic carbocycles. The molecule has 1 aliphatic heterocycles. The van der Waals surface area contributed by atoms with Crippen LogP contribution in [0.4, 0.5) is 18.9 Å². The Hall–Kier alpha value is -3.37. The number of hydrogen-bond donors (Lipinski definition) is 3. The van der Waals surface area contributed by atoms with E-state index in [9.17, 15) is 22.2 Å². The summed E-state index contributed by atoms with van der Waals surface area (Å²) < 4.78 is 56.3. The summed E-state index contributed by atoms with van der Waals surface area (Å²) in [4.78, 5) is 17.5. The highest BCUT2D eigenvalue weighted by atomic mass is 32.2. The van der Waals surface area contributed by atoms with E-state index in [4.69, 9.17) is 5.73 Å². The summed E-state index contributed by atoms with van der Waals surface area (Å²) in [6.45, 7) is 6.68. The third-order valence-electron chi connectivity index (χ3n) is 5.31. The number of carbonyl (C=O) groups is 1. The Morgan fingerprint density at radius 3 is 2.59 bits per heavy atom. The summed E-state index contributed by atoms with van der Waals surface area (Å²) in [7, 11) is -3.49. The first kappa shape index (κ1) is 25.3. The van der Waals surface area contributed by atoms with E-state index in [0.29, 0.717) is 11.1 Å². The van der Waals surface area contributed by atoms with Gasteiger partial charge >= 0.3 is 6.18 Å². The molecule has 34 heavy (non-hydrogen) atoms. The Labute approximate surface area is 196 Å². The average Bonchev–Trinajstić information content (AvgIpc) is 3.16. The van der Waals surface area contributed by atoms with Gasteiger partial charge in [0.15, 0.2) is 0 Å². The van der Waals surface area contributed by atoms with Gasteiger partial charge in [-0.05, 0) is 55.2 Å². The molecule has 0 amide bonds. The molecule has 0 spiro atoms. The minimum Gasteiger partial charge on any atom is -0.375 e. The van der Waals surface area contributed by atoms with Crippen molar-refractivity contribution in [1.29, 1.82) is 0 Å². The van der Waals surface area contributed by atoms with Crippen molar-refractivity contribution in [3.63, 3.8) is 0 Å². The van der Waals surface area contributed by atoms with E-state index in [1.165, 1.54) is 43.5 Å². The van der Waals surface area contributed by atoms with E-state index < -0.39 is 39.3 Å². The summed E-state index contributed by atoms with van der Waals surface area (Å²) in [5.74, 6) is 2.67. The monoisotopic (exact) mass is 490 g/mol. The van der Waals surface area contributed by atoms with Crippen molar-refractivity contribution in [2.45, 2.75) is 31.1 Å². The van der Waals surface area contributed by atoms with E-state index in [1.54, 1.807) is 19.2 Å². The first-order valence-electron chi connectivity index (χ1n) is 10.2. The van der Waals surface area contributed by atoms with Gasteiger partial charge in [-0.1, -0.05) is 30.9 Å². The average molecular weight is 491 g/mol. The van der Waals surface area contributed by atoms with Crippen LogP contribution >= 0.6 is 0 Å². The fraction of sp³-hybridized carbons (Fsp3) is 0.208. The fourth-order valence-corrected chi connectivity index (χ4v) is 4.79. The molecule has 3 unspecified atom stereocenters. The molecular weight excluding hydrogens is 465 g/mol. The third-order valence-corrected chi connectivity index (χ3v) is 6.87. The zero-order valence-electron chi connectivity index (χ0n) is 18.6. The lowest BCUT2D eigenvalue weighted by Crippen LogP contribution is -2.38. The third kappa shape index (κ3) is 5.23. The molecule has 3 rings (SSSR count). The molecule has 0 saturated carbocycles. The SMILES string of the molecule is C=C/C=C(/C(=O)c1ncc(C)cc1NS(=C)(=O)c1ccc(C)c(C(F)(F)F)c1)C1C=CNC1N. The molecule has 1 aliphatic rings. The molecule has 0 radical (unpaired) electrons. The molecule has 2 aromatic rings. The number of rotatable bonds is 7. The molecule has 3 atom stereocenters. The topological polar surface area (TPSA) is 97.1 Å². The lowest BCUT2D eigenvalue weighted by Gasteiger charge is -2.20. The van der Waals surface area contributed by atoms with Crippen molar-refractivity contribution < 1.29 is 22.2 Å². The van der Waals surface area contributed by atoms with E-state index in [0.717, 1.165) is 6.07 Å². The van der Waals surface area contributed by atoms with Crippen molar-refractivity contribution in [3.05, 3.63) is 89.4 Å². The van der Waals surface area contributed by atoms with Crippen LogP contribution < -0.4 is 15.8 Å². The van der Waals surface area contributed by atoms with Crippen molar-refractivity contribution >= 4 is 27.0 Å². The van der Waals surface area contributed by atoms with Gasteiger partial charge in [0.2, 0.25) is 5.78 Å². The fourth-order valence-electron chi connectivity index (χ4n) is 3.57. The molecule has 0 saturated heterocycles. The van der Waals surface area contributed by atoms with Gasteiger partial charge in [0.1, 0.15) is 5.69 Å². The number of hydrogen-bond acceptors (Lipinski definition) is 5. The van der Waals surface area contributed by atoms with Crippen LogP contribution in [0, 0.1) is 19.8 Å². The number of allylic oxidation sites excluding steroid dienone is 2. The Kier molecular flexibility index (Phi) is 7.04. The number of nitrogens with one attached hydrogen (secondary N) is 2. The molecule has 1 aromatic heterocycles. The molecule has 4 N–H and O–H groups in total. The number of nitrogens with two attached hydrogens (primary N) is 1. The summed E-state index contributed by atoms with van der Waals surface area (Å²) in [5.41, 5.74) is 6.08. The zero-order chi connectivity index (χ0) is 25.3. The van der Waals surface area contributed by atoms with Crippen LogP contribution in [-0.2, 0) is 15.9 Å². The van der Waals surface area contributed by atoms with E-state index in [1.807, 2.05) is 0 Å². The predicted molar refractivity (Wildman–Crippen MR) is 129 cm³/mol. The van der Waals surface area contributed by atoms with Crippen LogP contribution in [0.2, 0.25) is 0 Å². The van der Waals surface area contributed by atoms with Crippen LogP contribution in [0.25, 0.3) is 0 Å². The predicted octanol–water partition coefficient (Wildman–Crippen LogP) is 4.13. The lowest BCUT2D eigenvalue weighted by atomic mass is 9.91. The zero-order valence-corrected chi connectivity index (χ0v) is 19.5. The first-order valence-corrected chi connectivity index (χ1v) is 11.9. The van der Waals surface area contributed by atoms with Crippen LogP contribution in [0.15, 0.2) is 71.9 Å². The van der Waals surface area contributed by atoms with Crippen LogP contribution in [0.5, 0.6) is 0 Å². The summed E-state index contributed by atoms with van der Waals surface area (Å²) in [6.07, 6.45) is 2.64. The normalized spacial score (nSPS) is 19.9. The molecule has 0 fully saturated rings. The maximum absolute atomic E-state index is 13.5. The van der Waals surface area contributed by atoms with Gasteiger partial charge in [0.25, 0.3) is 0 Å². The van der Waals surface area contributed by atoms with Gasteiger partial charge in [0.05, 0.1) is 32.0 Å². The van der Waals surface area contributed by atoms with Crippen LogP contribution in [-0.4, -0.2) is 27.0 Å². The highest BCUT2D eigenvalue weighted by molar-refractivity contribution is 8.01. The van der Waals surface area contributed by atoms with Crippen LogP contribution in [0.3, 0.4) is 0 Å². The number of pyridine rings is 1. The molecule has 0 bridgehead atoms. The molecule has 180 valence electrons. The van der Waals surface area contributed by atoms with E-state index >= 15 is 0 Å². The second-order valence-electron chi connectivity index (χ2n) is 7.92. The number of carbonyl (C=O) groups excluding carboxylic acids is 1. The van der Waals surface area contributed by atoms with Gasteiger partial charge in [-0.3, -0.25) is 9.78 Å². The highest BCUT2D eigenvalue weighted by Gasteiger charge is 2.33. The van der Waals surface area contributed by atoms with E-state index in [2.05, 4.69) is 27.5 Å². The van der Waals surface area contributed by atoms with Crippen molar-refractivity contribution in [1.82, 2.24) is 10.3 Å². The molecule has 6 nitrogen and oxygen atoms in total. The number of ketones is 1. The second kappa shape index (κ2) is 9.47. The number of halogens is 3. The largest absolute Gasteiger partial charge is 0.416 e. The Balaban J connectivity index is 2.05. The number of anilines is 1. The Bertz CT molecular complexity index is 1300. The van der Waals surface area contributed by atoms with Gasteiger partial charge in [0, 0.05) is 17.7 Å². The quantitative estimate of drug-likeness (QED) is 0.235. The Morgan fingerprint density at radius 2 is 2.00 bits per heavy atom. The van der Waals surface area contributed by atoms with Gasteiger partial charge < -0.3 is 15.8 Å². The smallest absolute Gasteiger partial charge is 0.375 e. The number of Topliss-reactive ketones (excluding diaryl/α,β-unsaturated/α-hetero) is 1. The highest BCUT2D eigenvalue weighted by Crippen LogP contribution is 2.34. The van der Waals surface area contributed by atoms with Crippen molar-refractivity contribution in [2.24, 2.45) is 11.7 Å². The standard InChI is InChI=1S/C24H25F3N4O2S/c1-5-6-17(18-9-10-29-23(18)28)22(32)21-20(11-14(2)13-30-21)31-34(4,33)16-8-7-15(3)19(12-16)24(25,26)27/h5-13,18,23,29H,1,4,28H2,2-3H3,(H,31,33)/b17-6+. The van der Waals surface area contributed by atoms with Gasteiger partial charge in [-0.25, -0.2) is 4.21 Å². The molecule has 1 aromatic carbocycles. The number of alkyl halides is 3.